The van der Waals surface area contributed by atoms with Crippen LogP contribution in [-0.4, -0.2) is 34.1 Å². The van der Waals surface area contributed by atoms with Crippen molar-refractivity contribution in [2.24, 2.45) is 0 Å². The number of fused-ring (bicyclic) bond motifs is 1. The maximum atomic E-state index is 6.18. The lowest BCUT2D eigenvalue weighted by molar-refractivity contribution is 0.263. The van der Waals surface area contributed by atoms with Gasteiger partial charge in [0, 0.05) is 19.1 Å². The van der Waals surface area contributed by atoms with Crippen LogP contribution in [-0.2, 0) is 12.4 Å². The lowest BCUT2D eigenvalue weighted by Gasteiger charge is -2.21. The molecule has 2 rings (SSSR count). The monoisotopic (exact) mass is 299 g/mol. The summed E-state index contributed by atoms with van der Waals surface area (Å²) < 4.78 is 2.16. The topological polar surface area (TPSA) is 21.1 Å². The number of hydrogen-bond donors (Lipinski definition) is 0. The molecular weight excluding hydrogens is 281 g/mol. The standard InChI is InChI=1S/C14H19Cl2N3/c1-10(2)18(3)7-8-19-12-6-4-5-11(16)14(12)17-13(19)9-15/h4-6,10H,7-9H2,1-3H3. The van der Waals surface area contributed by atoms with Crippen LogP contribution in [0.3, 0.4) is 0 Å². The summed E-state index contributed by atoms with van der Waals surface area (Å²) in [6.45, 7) is 6.20. The Balaban J connectivity index is 2.33. The highest BCUT2D eigenvalue weighted by atomic mass is 35.5. The largest absolute Gasteiger partial charge is 0.326 e. The van der Waals surface area contributed by atoms with E-state index in [-0.39, 0.29) is 0 Å². The van der Waals surface area contributed by atoms with Crippen molar-refractivity contribution in [3.63, 3.8) is 0 Å². The molecule has 0 unspecified atom stereocenters. The van der Waals surface area contributed by atoms with Gasteiger partial charge in [-0.1, -0.05) is 17.7 Å². The van der Waals surface area contributed by atoms with Crippen LogP contribution in [0, 0.1) is 0 Å². The maximum absolute atomic E-state index is 6.18. The highest BCUT2D eigenvalue weighted by Crippen LogP contribution is 2.24. The molecule has 0 aliphatic carbocycles. The second kappa shape index (κ2) is 6.12. The summed E-state index contributed by atoms with van der Waals surface area (Å²) in [4.78, 5) is 6.83. The fraction of sp³-hybridized carbons (Fsp3) is 0.500. The molecule has 0 aliphatic rings. The molecule has 0 bridgehead atoms. The number of likely N-dealkylation sites (N-methyl/N-ethyl adjacent to an activating group) is 1. The minimum Gasteiger partial charge on any atom is -0.326 e. The summed E-state index contributed by atoms with van der Waals surface area (Å²) >= 11 is 12.2. The van der Waals surface area contributed by atoms with Crippen LogP contribution >= 0.6 is 23.2 Å². The third-order valence-corrected chi connectivity index (χ3v) is 4.03. The highest BCUT2D eigenvalue weighted by Gasteiger charge is 2.13. The minimum atomic E-state index is 0.399. The Bertz CT molecular complexity index is 563. The van der Waals surface area contributed by atoms with Gasteiger partial charge in [-0.15, -0.1) is 11.6 Å². The average molecular weight is 300 g/mol. The summed E-state index contributed by atoms with van der Waals surface area (Å²) in [5.74, 6) is 1.28. The summed E-state index contributed by atoms with van der Waals surface area (Å²) in [6, 6.07) is 6.38. The summed E-state index contributed by atoms with van der Waals surface area (Å²) in [7, 11) is 2.12. The number of rotatable bonds is 5. The molecule has 0 N–H and O–H groups in total. The smallest absolute Gasteiger partial charge is 0.124 e. The van der Waals surface area contributed by atoms with E-state index in [1.807, 2.05) is 18.2 Å². The Morgan fingerprint density at radius 2 is 2.11 bits per heavy atom. The lowest BCUT2D eigenvalue weighted by atomic mass is 10.3. The molecule has 5 heteroatoms. The van der Waals surface area contributed by atoms with Crippen molar-refractivity contribution in [2.75, 3.05) is 13.6 Å². The first kappa shape index (κ1) is 14.6. The maximum Gasteiger partial charge on any atom is 0.124 e. The van der Waals surface area contributed by atoms with Crippen LogP contribution in [0.5, 0.6) is 0 Å². The Labute approximate surface area is 124 Å². The molecule has 3 nitrogen and oxygen atoms in total. The van der Waals surface area contributed by atoms with Crippen molar-refractivity contribution in [2.45, 2.75) is 32.3 Å². The number of para-hydroxylation sites is 1. The normalized spacial score (nSPS) is 11.9. The zero-order chi connectivity index (χ0) is 14.0. The molecule has 2 aromatic rings. The Hall–Kier alpha value is -0.770. The van der Waals surface area contributed by atoms with Gasteiger partial charge in [0.25, 0.3) is 0 Å². The van der Waals surface area contributed by atoms with Gasteiger partial charge in [0.2, 0.25) is 0 Å². The number of halogens is 2. The van der Waals surface area contributed by atoms with Crippen LogP contribution in [0.2, 0.25) is 5.02 Å². The quantitative estimate of drug-likeness (QED) is 0.784. The third-order valence-electron chi connectivity index (χ3n) is 3.49. The Morgan fingerprint density at radius 1 is 1.37 bits per heavy atom. The molecular formula is C14H19Cl2N3. The van der Waals surface area contributed by atoms with Crippen molar-refractivity contribution in [1.29, 1.82) is 0 Å². The van der Waals surface area contributed by atoms with E-state index in [1.165, 1.54) is 0 Å². The van der Waals surface area contributed by atoms with Crippen LogP contribution in [0.15, 0.2) is 18.2 Å². The zero-order valence-corrected chi connectivity index (χ0v) is 13.0. The molecule has 0 aliphatic heterocycles. The fourth-order valence-corrected chi connectivity index (χ4v) is 2.44. The predicted octanol–water partition coefficient (Wildman–Crippen LogP) is 3.77. The number of aromatic nitrogens is 2. The van der Waals surface area contributed by atoms with Crippen LogP contribution in [0.1, 0.15) is 19.7 Å². The van der Waals surface area contributed by atoms with Gasteiger partial charge in [0.05, 0.1) is 16.4 Å². The van der Waals surface area contributed by atoms with E-state index < -0.39 is 0 Å². The molecule has 19 heavy (non-hydrogen) atoms. The minimum absolute atomic E-state index is 0.399. The summed E-state index contributed by atoms with van der Waals surface area (Å²) in [5.41, 5.74) is 1.90. The van der Waals surface area contributed by atoms with Crippen molar-refractivity contribution in [1.82, 2.24) is 14.5 Å². The third kappa shape index (κ3) is 3.04. The molecule has 1 aromatic heterocycles. The van der Waals surface area contributed by atoms with Gasteiger partial charge in [-0.05, 0) is 33.0 Å². The van der Waals surface area contributed by atoms with Crippen LogP contribution < -0.4 is 0 Å². The number of nitrogens with zero attached hydrogens (tertiary/aromatic N) is 3. The first-order valence-electron chi connectivity index (χ1n) is 6.44. The van der Waals surface area contributed by atoms with Crippen molar-refractivity contribution >= 4 is 34.2 Å². The fourth-order valence-electron chi connectivity index (χ4n) is 2.03. The summed E-state index contributed by atoms with van der Waals surface area (Å²) in [6.07, 6.45) is 0. The second-order valence-corrected chi connectivity index (χ2v) is 5.67. The van der Waals surface area contributed by atoms with E-state index >= 15 is 0 Å². The van der Waals surface area contributed by atoms with E-state index in [9.17, 15) is 0 Å². The highest BCUT2D eigenvalue weighted by molar-refractivity contribution is 6.35. The number of benzene rings is 1. The van der Waals surface area contributed by atoms with Gasteiger partial charge in [-0.25, -0.2) is 4.98 Å². The van der Waals surface area contributed by atoms with Gasteiger partial charge in [0.15, 0.2) is 0 Å². The molecule has 1 heterocycles. The average Bonchev–Trinajstić information content (AvgIpc) is 2.75. The van der Waals surface area contributed by atoms with E-state index in [0.29, 0.717) is 16.9 Å². The SMILES string of the molecule is CC(C)N(C)CCn1c(CCl)nc2c(Cl)cccc21. The molecule has 0 atom stereocenters. The Kier molecular flexibility index (Phi) is 4.71. The molecule has 0 spiro atoms. The van der Waals surface area contributed by atoms with Crippen molar-refractivity contribution < 1.29 is 0 Å². The van der Waals surface area contributed by atoms with Gasteiger partial charge >= 0.3 is 0 Å². The van der Waals surface area contributed by atoms with E-state index in [0.717, 1.165) is 29.9 Å². The first-order valence-corrected chi connectivity index (χ1v) is 7.35. The molecule has 0 fully saturated rings. The van der Waals surface area contributed by atoms with E-state index in [1.54, 1.807) is 0 Å². The van der Waals surface area contributed by atoms with Crippen LogP contribution in [0.25, 0.3) is 11.0 Å². The van der Waals surface area contributed by atoms with Crippen molar-refractivity contribution in [3.05, 3.63) is 29.0 Å². The van der Waals surface area contributed by atoms with Gasteiger partial charge in [0.1, 0.15) is 11.3 Å². The van der Waals surface area contributed by atoms with Gasteiger partial charge in [-0.3, -0.25) is 0 Å². The van der Waals surface area contributed by atoms with Crippen LogP contribution in [0.4, 0.5) is 0 Å². The molecule has 0 saturated carbocycles. The van der Waals surface area contributed by atoms with Gasteiger partial charge in [-0.2, -0.15) is 0 Å². The molecule has 0 saturated heterocycles. The zero-order valence-electron chi connectivity index (χ0n) is 11.5. The van der Waals surface area contributed by atoms with Gasteiger partial charge < -0.3 is 9.47 Å². The van der Waals surface area contributed by atoms with E-state index in [4.69, 9.17) is 23.2 Å². The lowest BCUT2D eigenvalue weighted by Crippen LogP contribution is -2.30. The Morgan fingerprint density at radius 3 is 2.74 bits per heavy atom. The number of hydrogen-bond acceptors (Lipinski definition) is 2. The predicted molar refractivity (Wildman–Crippen MR) is 82.1 cm³/mol. The van der Waals surface area contributed by atoms with E-state index in [2.05, 4.69) is 35.3 Å². The molecule has 1 aromatic carbocycles. The molecule has 0 amide bonds. The number of imidazole rings is 1. The first-order chi connectivity index (χ1) is 9.04. The summed E-state index contributed by atoms with van der Waals surface area (Å²) in [5, 5.41) is 0.680. The second-order valence-electron chi connectivity index (χ2n) is 5.00. The van der Waals surface area contributed by atoms with Crippen molar-refractivity contribution in [3.8, 4) is 0 Å². The molecule has 104 valence electrons. The molecule has 0 radical (unpaired) electrons. The number of alkyl halides is 1.